The fourth-order valence-electron chi connectivity index (χ4n) is 4.18. The molecule has 2 rings (SSSR count). The van der Waals surface area contributed by atoms with Crippen molar-refractivity contribution in [2.24, 2.45) is 10.9 Å². The predicted molar refractivity (Wildman–Crippen MR) is 133 cm³/mol. The van der Waals surface area contributed by atoms with Crippen LogP contribution in [0.3, 0.4) is 0 Å². The van der Waals surface area contributed by atoms with E-state index in [1.165, 1.54) is 6.07 Å². The first kappa shape index (κ1) is 25.6. The molecule has 0 N–H and O–H groups in total. The molecule has 1 fully saturated rings. The molecule has 0 bridgehead atoms. The molecule has 4 nitrogen and oxygen atoms in total. The van der Waals surface area contributed by atoms with Gasteiger partial charge in [0.2, 0.25) is 5.91 Å². The summed E-state index contributed by atoms with van der Waals surface area (Å²) >= 11 is 0. The second kappa shape index (κ2) is 11.8. The summed E-state index contributed by atoms with van der Waals surface area (Å²) in [6, 6.07) is 6.98. The molecule has 1 atom stereocenters. The average molecular weight is 440 g/mol. The molecule has 1 unspecified atom stereocenters. The minimum atomic E-state index is -0.247. The Morgan fingerprint density at radius 1 is 1.25 bits per heavy atom. The molecule has 1 aliphatic rings. The lowest BCUT2D eigenvalue weighted by molar-refractivity contribution is -0.138. The minimum Gasteiger partial charge on any atom is -0.371 e. The Morgan fingerprint density at radius 3 is 2.50 bits per heavy atom. The lowest BCUT2D eigenvalue weighted by Crippen LogP contribution is -2.54. The molecule has 1 aromatic carbocycles. The number of halogens is 1. The van der Waals surface area contributed by atoms with E-state index in [9.17, 15) is 9.18 Å². The first-order valence-electron chi connectivity index (χ1n) is 11.6. The van der Waals surface area contributed by atoms with E-state index in [4.69, 9.17) is 0 Å². The summed E-state index contributed by atoms with van der Waals surface area (Å²) in [5.41, 5.74) is 4.24. The van der Waals surface area contributed by atoms with Crippen molar-refractivity contribution in [3.63, 3.8) is 0 Å². The van der Waals surface area contributed by atoms with Crippen molar-refractivity contribution in [1.29, 1.82) is 0 Å². The van der Waals surface area contributed by atoms with Crippen molar-refractivity contribution in [2.45, 2.75) is 60.9 Å². The van der Waals surface area contributed by atoms with Gasteiger partial charge in [-0.25, -0.2) is 4.39 Å². The number of amides is 1. The van der Waals surface area contributed by atoms with E-state index in [0.29, 0.717) is 12.1 Å². The van der Waals surface area contributed by atoms with Gasteiger partial charge in [0.15, 0.2) is 0 Å². The maximum atomic E-state index is 14.8. The van der Waals surface area contributed by atoms with Crippen LogP contribution in [0.25, 0.3) is 5.57 Å². The Labute approximate surface area is 193 Å². The van der Waals surface area contributed by atoms with Gasteiger partial charge < -0.3 is 9.80 Å². The number of carbonyl (C=O) groups excluding carboxylic acids is 1. The van der Waals surface area contributed by atoms with Crippen molar-refractivity contribution in [2.75, 3.05) is 19.6 Å². The van der Waals surface area contributed by atoms with E-state index >= 15 is 0 Å². The number of carbonyl (C=O) groups is 1. The molecule has 0 aliphatic carbocycles. The van der Waals surface area contributed by atoms with Crippen LogP contribution in [-0.4, -0.2) is 47.1 Å². The summed E-state index contributed by atoms with van der Waals surface area (Å²) in [6.07, 6.45) is 6.69. The van der Waals surface area contributed by atoms with Gasteiger partial charge in [-0.3, -0.25) is 9.79 Å². The Bertz CT molecular complexity index is 927. The molecule has 0 radical (unpaired) electrons. The van der Waals surface area contributed by atoms with Crippen LogP contribution in [0.4, 0.5) is 4.39 Å². The number of piperazine rings is 1. The molecule has 0 spiro atoms. The third kappa shape index (κ3) is 5.96. The summed E-state index contributed by atoms with van der Waals surface area (Å²) in [5, 5.41) is 0. The fraction of sp³-hybridized carbons (Fsp3) is 0.481. The molecule has 1 saturated heterocycles. The number of hydrogen-bond acceptors (Lipinski definition) is 3. The van der Waals surface area contributed by atoms with Crippen LogP contribution in [-0.2, 0) is 4.79 Å². The molecule has 32 heavy (non-hydrogen) atoms. The van der Waals surface area contributed by atoms with Crippen LogP contribution in [0.2, 0.25) is 0 Å². The number of aliphatic imine (C=N–C) groups is 1. The standard InChI is InChI=1S/C27H38FN3O/c1-8-10-15-29-21(6)26(23(9-2)24-13-11-12-14-25(24)28)22(7)30-16-17-31(20(5)18-30)27(32)19(3)4/h9-15,19-20H,8,16-18H2,1-7H3/b15-10+,23-9-,26-22-,29-21+. The number of allylic oxidation sites excluding steroid dienone is 5. The molecule has 0 aromatic heterocycles. The summed E-state index contributed by atoms with van der Waals surface area (Å²) in [5.74, 6) is -0.0583. The topological polar surface area (TPSA) is 35.9 Å². The molecular formula is C27H38FN3O. The van der Waals surface area contributed by atoms with Crippen LogP contribution in [0, 0.1) is 11.7 Å². The molecule has 1 aromatic rings. The first-order valence-corrected chi connectivity index (χ1v) is 11.6. The minimum absolute atomic E-state index is 0.00776. The van der Waals surface area contributed by atoms with E-state index in [0.717, 1.165) is 42.1 Å². The molecule has 174 valence electrons. The highest BCUT2D eigenvalue weighted by atomic mass is 19.1. The second-order valence-corrected chi connectivity index (χ2v) is 8.63. The zero-order chi connectivity index (χ0) is 23.8. The first-order chi connectivity index (χ1) is 15.2. The normalized spacial score (nSPS) is 19.1. The van der Waals surface area contributed by atoms with Crippen LogP contribution in [0.15, 0.2) is 58.9 Å². The van der Waals surface area contributed by atoms with Crippen LogP contribution in [0.5, 0.6) is 0 Å². The SMILES string of the molecule is C\C=C(C(/C(C)=N/C=C/CC)=C(/C)N1CCN(C(=O)C(C)C)C(C)C1)\c1ccccc1F. The maximum absolute atomic E-state index is 14.8. The zero-order valence-corrected chi connectivity index (χ0v) is 20.7. The van der Waals surface area contributed by atoms with E-state index in [1.54, 1.807) is 6.07 Å². The van der Waals surface area contributed by atoms with Crippen molar-refractivity contribution in [1.82, 2.24) is 9.80 Å². The summed E-state index contributed by atoms with van der Waals surface area (Å²) in [4.78, 5) is 21.5. The molecule has 1 amide bonds. The number of nitrogens with zero attached hydrogens (tertiary/aromatic N) is 3. The highest BCUT2D eigenvalue weighted by Gasteiger charge is 2.30. The molecule has 5 heteroatoms. The highest BCUT2D eigenvalue weighted by molar-refractivity contribution is 6.12. The zero-order valence-electron chi connectivity index (χ0n) is 20.7. The highest BCUT2D eigenvalue weighted by Crippen LogP contribution is 2.31. The van der Waals surface area contributed by atoms with Crippen LogP contribution < -0.4 is 0 Å². The van der Waals surface area contributed by atoms with Gasteiger partial charge in [0.25, 0.3) is 0 Å². The van der Waals surface area contributed by atoms with Gasteiger partial charge in [0.05, 0.1) is 0 Å². The fourth-order valence-corrected chi connectivity index (χ4v) is 4.18. The number of benzene rings is 1. The van der Waals surface area contributed by atoms with E-state index in [1.807, 2.05) is 63.1 Å². The number of rotatable bonds is 7. The Kier molecular flexibility index (Phi) is 9.42. The monoisotopic (exact) mass is 439 g/mol. The molecule has 0 saturated carbocycles. The van der Waals surface area contributed by atoms with Crippen molar-refractivity contribution < 1.29 is 9.18 Å². The maximum Gasteiger partial charge on any atom is 0.225 e. The molecule has 1 aliphatic heterocycles. The summed E-state index contributed by atoms with van der Waals surface area (Å²) < 4.78 is 14.8. The summed E-state index contributed by atoms with van der Waals surface area (Å²) in [6.45, 7) is 16.2. The Morgan fingerprint density at radius 2 is 1.94 bits per heavy atom. The smallest absolute Gasteiger partial charge is 0.225 e. The molecule has 1 heterocycles. The predicted octanol–water partition coefficient (Wildman–Crippen LogP) is 6.08. The Hall–Kier alpha value is -2.69. The number of hydrogen-bond donors (Lipinski definition) is 0. The largest absolute Gasteiger partial charge is 0.371 e. The van der Waals surface area contributed by atoms with Gasteiger partial charge in [-0.2, -0.15) is 0 Å². The van der Waals surface area contributed by atoms with Gasteiger partial charge >= 0.3 is 0 Å². The molecular weight excluding hydrogens is 401 g/mol. The van der Waals surface area contributed by atoms with Gasteiger partial charge in [-0.05, 0) is 45.8 Å². The Balaban J connectivity index is 2.51. The van der Waals surface area contributed by atoms with Crippen molar-refractivity contribution in [3.8, 4) is 0 Å². The summed E-state index contributed by atoms with van der Waals surface area (Å²) in [7, 11) is 0. The third-order valence-corrected chi connectivity index (χ3v) is 5.93. The van der Waals surface area contributed by atoms with Crippen LogP contribution in [0.1, 0.15) is 60.5 Å². The average Bonchev–Trinajstić information content (AvgIpc) is 2.77. The third-order valence-electron chi connectivity index (χ3n) is 5.93. The van der Waals surface area contributed by atoms with Gasteiger partial charge in [-0.15, -0.1) is 0 Å². The van der Waals surface area contributed by atoms with E-state index in [2.05, 4.69) is 30.7 Å². The lowest BCUT2D eigenvalue weighted by atomic mass is 9.92. The van der Waals surface area contributed by atoms with Crippen LogP contribution >= 0.6 is 0 Å². The quantitative estimate of drug-likeness (QED) is 0.381. The van der Waals surface area contributed by atoms with Gasteiger partial charge in [0.1, 0.15) is 5.82 Å². The van der Waals surface area contributed by atoms with E-state index < -0.39 is 0 Å². The lowest BCUT2D eigenvalue weighted by Gasteiger charge is -2.42. The van der Waals surface area contributed by atoms with Crippen molar-refractivity contribution in [3.05, 3.63) is 65.3 Å². The van der Waals surface area contributed by atoms with Gasteiger partial charge in [0, 0.05) is 60.3 Å². The van der Waals surface area contributed by atoms with E-state index in [-0.39, 0.29) is 23.7 Å². The second-order valence-electron chi connectivity index (χ2n) is 8.63. The van der Waals surface area contributed by atoms with Gasteiger partial charge in [-0.1, -0.05) is 51.1 Å². The van der Waals surface area contributed by atoms with Crippen molar-refractivity contribution >= 4 is 17.2 Å².